The third kappa shape index (κ3) is 2.96. The van der Waals surface area contributed by atoms with Crippen molar-refractivity contribution >= 4 is 23.2 Å². The molecule has 3 aromatic carbocycles. The molecule has 3 aliphatic heterocycles. The number of amides is 2. The molecule has 0 aliphatic carbocycles. The summed E-state index contributed by atoms with van der Waals surface area (Å²) >= 11 is 0. The summed E-state index contributed by atoms with van der Waals surface area (Å²) in [5, 5.41) is 2.88. The highest BCUT2D eigenvalue weighted by atomic mass is 19.1. The minimum atomic E-state index is -1.38. The highest BCUT2D eigenvalue weighted by molar-refractivity contribution is 6.17. The van der Waals surface area contributed by atoms with E-state index in [0.717, 1.165) is 0 Å². The molecule has 3 heterocycles. The Morgan fingerprint density at radius 3 is 2.18 bits per heavy atom. The van der Waals surface area contributed by atoms with E-state index in [-0.39, 0.29) is 25.9 Å². The van der Waals surface area contributed by atoms with Crippen molar-refractivity contribution in [2.45, 2.75) is 12.0 Å². The number of nitrogens with zero attached hydrogens (tertiary/aromatic N) is 1. The van der Waals surface area contributed by atoms with Gasteiger partial charge in [-0.15, -0.1) is 0 Å². The first-order valence-electron chi connectivity index (χ1n) is 10.2. The number of hydrogen-bond donors (Lipinski definition) is 1. The Labute approximate surface area is 187 Å². The smallest absolute Gasteiger partial charge is 0.255 e. The van der Waals surface area contributed by atoms with E-state index >= 15 is 0 Å². The maximum Gasteiger partial charge on any atom is 0.255 e. The van der Waals surface area contributed by atoms with Crippen molar-refractivity contribution in [1.29, 1.82) is 0 Å². The molecule has 0 bridgehead atoms. The fourth-order valence-electron chi connectivity index (χ4n) is 4.37. The molecule has 0 aromatic heterocycles. The SMILES string of the molecule is O=C1CC(C(=O)Nc2ccc3c(c2)OCO3)(c2ccc(F)cc2)N1c1ccc2c(c1)OCO2. The van der Waals surface area contributed by atoms with Crippen molar-refractivity contribution in [1.82, 2.24) is 0 Å². The number of rotatable bonds is 4. The van der Waals surface area contributed by atoms with Crippen LogP contribution in [0.5, 0.6) is 23.0 Å². The van der Waals surface area contributed by atoms with Crippen LogP contribution in [0.3, 0.4) is 0 Å². The molecule has 3 aromatic rings. The molecule has 9 heteroatoms. The van der Waals surface area contributed by atoms with Crippen LogP contribution < -0.4 is 29.2 Å². The predicted molar refractivity (Wildman–Crippen MR) is 114 cm³/mol. The van der Waals surface area contributed by atoms with Crippen LogP contribution in [-0.4, -0.2) is 25.4 Å². The summed E-state index contributed by atoms with van der Waals surface area (Å²) in [6, 6.07) is 15.7. The van der Waals surface area contributed by atoms with Gasteiger partial charge in [-0.25, -0.2) is 4.39 Å². The first-order valence-corrected chi connectivity index (χ1v) is 10.2. The zero-order valence-electron chi connectivity index (χ0n) is 17.2. The van der Waals surface area contributed by atoms with Gasteiger partial charge in [0.25, 0.3) is 5.91 Å². The Morgan fingerprint density at radius 1 is 0.848 bits per heavy atom. The minimum Gasteiger partial charge on any atom is -0.454 e. The van der Waals surface area contributed by atoms with Gasteiger partial charge in [0.05, 0.1) is 6.42 Å². The first-order chi connectivity index (χ1) is 16.0. The molecule has 33 heavy (non-hydrogen) atoms. The van der Waals surface area contributed by atoms with Crippen LogP contribution >= 0.6 is 0 Å². The van der Waals surface area contributed by atoms with Crippen molar-refractivity contribution in [2.75, 3.05) is 23.8 Å². The minimum absolute atomic E-state index is 0.0799. The molecule has 0 spiro atoms. The maximum absolute atomic E-state index is 13.7. The molecule has 6 rings (SSSR count). The molecule has 166 valence electrons. The number of ether oxygens (including phenoxy) is 4. The molecule has 0 saturated carbocycles. The monoisotopic (exact) mass is 448 g/mol. The summed E-state index contributed by atoms with van der Waals surface area (Å²) in [5.41, 5.74) is 0.0604. The van der Waals surface area contributed by atoms with E-state index in [1.165, 1.54) is 29.2 Å². The van der Waals surface area contributed by atoms with E-state index in [4.69, 9.17) is 18.9 Å². The van der Waals surface area contributed by atoms with Crippen molar-refractivity contribution in [3.05, 3.63) is 72.0 Å². The molecule has 1 atom stereocenters. The van der Waals surface area contributed by atoms with Crippen molar-refractivity contribution in [3.8, 4) is 23.0 Å². The average molecular weight is 448 g/mol. The fourth-order valence-corrected chi connectivity index (χ4v) is 4.37. The Hall–Kier alpha value is -4.27. The molecule has 1 unspecified atom stereocenters. The quantitative estimate of drug-likeness (QED) is 0.615. The largest absolute Gasteiger partial charge is 0.454 e. The van der Waals surface area contributed by atoms with Gasteiger partial charge in [0, 0.05) is 23.5 Å². The van der Waals surface area contributed by atoms with E-state index in [9.17, 15) is 14.0 Å². The summed E-state index contributed by atoms with van der Waals surface area (Å²) in [6.07, 6.45) is -0.0799. The number of benzene rings is 3. The maximum atomic E-state index is 13.7. The molecule has 3 aliphatic rings. The molecule has 0 radical (unpaired) electrons. The second kappa shape index (κ2) is 7.13. The van der Waals surface area contributed by atoms with E-state index in [1.807, 2.05) is 0 Å². The Kier molecular flexibility index (Phi) is 4.19. The summed E-state index contributed by atoms with van der Waals surface area (Å²) in [6.45, 7) is 0.194. The summed E-state index contributed by atoms with van der Waals surface area (Å²) in [4.78, 5) is 28.0. The van der Waals surface area contributed by atoms with Crippen LogP contribution in [0.2, 0.25) is 0 Å². The standard InChI is InChI=1S/C24H17FN2O6/c25-15-3-1-14(2-4-15)24(23(29)26-16-5-7-18-20(9-16)32-12-30-18)11-22(28)27(24)17-6-8-19-21(10-17)33-13-31-19/h1-10H,11-13H2,(H,26,29). The number of nitrogens with one attached hydrogen (secondary N) is 1. The summed E-state index contributed by atoms with van der Waals surface area (Å²) in [5.74, 6) is 1.01. The topological polar surface area (TPSA) is 86.3 Å². The van der Waals surface area contributed by atoms with Gasteiger partial charge >= 0.3 is 0 Å². The molecule has 2 amide bonds. The van der Waals surface area contributed by atoms with Gasteiger partial charge in [0.1, 0.15) is 5.82 Å². The number of hydrogen-bond acceptors (Lipinski definition) is 6. The third-order valence-electron chi connectivity index (χ3n) is 5.98. The fraction of sp³-hybridized carbons (Fsp3) is 0.167. The Bertz CT molecular complexity index is 1290. The van der Waals surface area contributed by atoms with Crippen molar-refractivity contribution in [3.63, 3.8) is 0 Å². The van der Waals surface area contributed by atoms with Gasteiger partial charge in [-0.1, -0.05) is 12.1 Å². The lowest BCUT2D eigenvalue weighted by Gasteiger charge is -2.50. The lowest BCUT2D eigenvalue weighted by molar-refractivity contribution is -0.137. The normalized spacial score (nSPS) is 19.9. The molecule has 1 N–H and O–H groups in total. The van der Waals surface area contributed by atoms with Gasteiger partial charge in [-0.05, 0) is 42.0 Å². The van der Waals surface area contributed by atoms with Crippen LogP contribution in [0.4, 0.5) is 15.8 Å². The van der Waals surface area contributed by atoms with E-state index in [1.54, 1.807) is 36.4 Å². The Balaban J connectivity index is 1.41. The van der Waals surface area contributed by atoms with Crippen molar-refractivity contribution < 1.29 is 32.9 Å². The van der Waals surface area contributed by atoms with Crippen LogP contribution in [0.1, 0.15) is 12.0 Å². The van der Waals surface area contributed by atoms with Crippen LogP contribution in [0.25, 0.3) is 0 Å². The Morgan fingerprint density at radius 2 is 1.48 bits per heavy atom. The second-order valence-electron chi connectivity index (χ2n) is 7.83. The number of anilines is 2. The molecule has 1 saturated heterocycles. The summed E-state index contributed by atoms with van der Waals surface area (Å²) in [7, 11) is 0. The van der Waals surface area contributed by atoms with Crippen LogP contribution in [0.15, 0.2) is 60.7 Å². The zero-order chi connectivity index (χ0) is 22.6. The van der Waals surface area contributed by atoms with Gasteiger partial charge in [0.2, 0.25) is 19.5 Å². The number of halogens is 1. The van der Waals surface area contributed by atoms with E-state index in [0.29, 0.717) is 39.9 Å². The average Bonchev–Trinajstić information content (AvgIpc) is 3.46. The van der Waals surface area contributed by atoms with E-state index < -0.39 is 17.3 Å². The number of fused-ring (bicyclic) bond motifs is 2. The van der Waals surface area contributed by atoms with Gasteiger partial charge in [-0.3, -0.25) is 14.5 Å². The number of carbonyl (C=O) groups excluding carboxylic acids is 2. The van der Waals surface area contributed by atoms with Gasteiger partial charge in [0.15, 0.2) is 28.5 Å². The first kappa shape index (κ1) is 19.4. The van der Waals surface area contributed by atoms with E-state index in [2.05, 4.69) is 5.32 Å². The molecular formula is C24H17FN2O6. The lowest BCUT2D eigenvalue weighted by atomic mass is 9.76. The lowest BCUT2D eigenvalue weighted by Crippen LogP contribution is -2.67. The predicted octanol–water partition coefficient (Wildman–Crippen LogP) is 3.55. The van der Waals surface area contributed by atoms with Crippen molar-refractivity contribution in [2.24, 2.45) is 0 Å². The van der Waals surface area contributed by atoms with Gasteiger partial charge in [-0.2, -0.15) is 0 Å². The highest BCUT2D eigenvalue weighted by Gasteiger charge is 2.58. The van der Waals surface area contributed by atoms with Crippen LogP contribution in [-0.2, 0) is 15.1 Å². The number of carbonyl (C=O) groups is 2. The summed E-state index contributed by atoms with van der Waals surface area (Å²) < 4.78 is 35.2. The highest BCUT2D eigenvalue weighted by Crippen LogP contribution is 2.48. The van der Waals surface area contributed by atoms with Crippen LogP contribution in [0, 0.1) is 5.82 Å². The molecular weight excluding hydrogens is 431 g/mol. The number of β-lactam (4-membered cyclic amide) rings is 1. The second-order valence-corrected chi connectivity index (χ2v) is 7.83. The third-order valence-corrected chi connectivity index (χ3v) is 5.98. The molecule has 1 fully saturated rings. The zero-order valence-corrected chi connectivity index (χ0v) is 17.2. The van der Waals surface area contributed by atoms with Gasteiger partial charge < -0.3 is 24.3 Å². The molecule has 8 nitrogen and oxygen atoms in total.